The lowest BCUT2D eigenvalue weighted by Gasteiger charge is -2.28. The molecule has 0 aliphatic heterocycles. The molecule has 3 heteroatoms. The van der Waals surface area contributed by atoms with E-state index in [2.05, 4.69) is 24.4 Å². The fraction of sp³-hybridized carbons (Fsp3) is 0.625. The summed E-state index contributed by atoms with van der Waals surface area (Å²) >= 11 is 0. The average Bonchev–Trinajstić information content (AvgIpc) is 2.42. The maximum absolute atomic E-state index is 5.90. The quantitative estimate of drug-likeness (QED) is 0.740. The van der Waals surface area contributed by atoms with Crippen LogP contribution in [0.1, 0.15) is 45.2 Å². The van der Waals surface area contributed by atoms with E-state index < -0.39 is 0 Å². The highest BCUT2D eigenvalue weighted by Gasteiger charge is 2.24. The van der Waals surface area contributed by atoms with Crippen LogP contribution in [0.5, 0.6) is 5.75 Å². The Balaban J connectivity index is 2.99. The molecule has 1 N–H and O–H groups in total. The van der Waals surface area contributed by atoms with Crippen molar-refractivity contribution >= 4 is 0 Å². The van der Waals surface area contributed by atoms with Crippen molar-refractivity contribution < 1.29 is 9.47 Å². The molecule has 0 bridgehead atoms. The molecule has 1 aromatic carbocycles. The van der Waals surface area contributed by atoms with Crippen molar-refractivity contribution in [1.82, 2.24) is 5.32 Å². The number of ether oxygens (including phenoxy) is 2. The normalized spacial score (nSPS) is 14.1. The second kappa shape index (κ2) is 8.94. The second-order valence-electron chi connectivity index (χ2n) is 4.52. The van der Waals surface area contributed by atoms with Crippen LogP contribution in [0.25, 0.3) is 0 Å². The van der Waals surface area contributed by atoms with Crippen molar-refractivity contribution in [3.63, 3.8) is 0 Å². The number of benzene rings is 1. The molecule has 108 valence electrons. The van der Waals surface area contributed by atoms with Crippen LogP contribution in [0.3, 0.4) is 0 Å². The van der Waals surface area contributed by atoms with Gasteiger partial charge in [-0.3, -0.25) is 0 Å². The highest BCUT2D eigenvalue weighted by Crippen LogP contribution is 2.30. The van der Waals surface area contributed by atoms with Crippen LogP contribution in [0.4, 0.5) is 0 Å². The Kier molecular flexibility index (Phi) is 7.53. The highest BCUT2D eigenvalue weighted by molar-refractivity contribution is 5.36. The number of hydrogen-bond acceptors (Lipinski definition) is 3. The second-order valence-corrected chi connectivity index (χ2v) is 4.52. The Labute approximate surface area is 117 Å². The first-order valence-electron chi connectivity index (χ1n) is 7.28. The summed E-state index contributed by atoms with van der Waals surface area (Å²) in [5.41, 5.74) is 1.18. The third-order valence-corrected chi connectivity index (χ3v) is 3.19. The molecule has 0 spiro atoms. The van der Waals surface area contributed by atoms with Gasteiger partial charge in [0.25, 0.3) is 0 Å². The molecule has 0 saturated heterocycles. The molecule has 0 aromatic heterocycles. The fourth-order valence-corrected chi connectivity index (χ4v) is 2.41. The van der Waals surface area contributed by atoms with Gasteiger partial charge in [0.1, 0.15) is 5.75 Å². The van der Waals surface area contributed by atoms with Gasteiger partial charge in [-0.05, 0) is 33.4 Å². The predicted octanol–water partition coefficient (Wildman–Crippen LogP) is 3.55. The minimum atomic E-state index is 0.169. The van der Waals surface area contributed by atoms with E-state index >= 15 is 0 Å². The fourth-order valence-electron chi connectivity index (χ4n) is 2.41. The number of hydrogen-bond donors (Lipinski definition) is 1. The maximum atomic E-state index is 5.90. The van der Waals surface area contributed by atoms with Gasteiger partial charge in [-0.1, -0.05) is 31.5 Å². The third kappa shape index (κ3) is 4.51. The summed E-state index contributed by atoms with van der Waals surface area (Å²) in [6.45, 7) is 7.66. The van der Waals surface area contributed by atoms with E-state index in [4.69, 9.17) is 9.47 Å². The van der Waals surface area contributed by atoms with E-state index in [9.17, 15) is 0 Å². The van der Waals surface area contributed by atoms with E-state index in [1.165, 1.54) is 5.56 Å². The first-order valence-corrected chi connectivity index (χ1v) is 7.28. The van der Waals surface area contributed by atoms with E-state index in [-0.39, 0.29) is 12.1 Å². The maximum Gasteiger partial charge on any atom is 0.124 e. The molecule has 0 aliphatic carbocycles. The monoisotopic (exact) mass is 265 g/mol. The van der Waals surface area contributed by atoms with Crippen LogP contribution in [0.15, 0.2) is 24.3 Å². The topological polar surface area (TPSA) is 30.5 Å². The minimum Gasteiger partial charge on any atom is -0.494 e. The van der Waals surface area contributed by atoms with Crippen molar-refractivity contribution in [1.29, 1.82) is 0 Å². The number of nitrogens with one attached hydrogen (secondary N) is 1. The molecule has 0 aliphatic rings. The summed E-state index contributed by atoms with van der Waals surface area (Å²) in [7, 11) is 1.98. The SMILES string of the molecule is CCCC(OCC)C(NC)c1ccccc1OCC. The number of para-hydroxylation sites is 1. The van der Waals surface area contributed by atoms with Gasteiger partial charge in [0, 0.05) is 12.2 Å². The summed E-state index contributed by atoms with van der Waals surface area (Å²) < 4.78 is 11.6. The molecule has 2 unspecified atom stereocenters. The lowest BCUT2D eigenvalue weighted by Crippen LogP contribution is -2.32. The number of likely N-dealkylation sites (N-methyl/N-ethyl adjacent to an activating group) is 1. The lowest BCUT2D eigenvalue weighted by molar-refractivity contribution is 0.0288. The third-order valence-electron chi connectivity index (χ3n) is 3.19. The van der Waals surface area contributed by atoms with Gasteiger partial charge in [0.2, 0.25) is 0 Å². The van der Waals surface area contributed by atoms with Crippen LogP contribution in [0.2, 0.25) is 0 Å². The summed E-state index contributed by atoms with van der Waals surface area (Å²) in [6, 6.07) is 8.38. The summed E-state index contributed by atoms with van der Waals surface area (Å²) in [5, 5.41) is 3.38. The van der Waals surface area contributed by atoms with Gasteiger partial charge < -0.3 is 14.8 Å². The Morgan fingerprint density at radius 1 is 1.11 bits per heavy atom. The Bertz CT molecular complexity index is 348. The highest BCUT2D eigenvalue weighted by atomic mass is 16.5. The zero-order valence-electron chi connectivity index (χ0n) is 12.6. The van der Waals surface area contributed by atoms with E-state index in [0.717, 1.165) is 25.2 Å². The van der Waals surface area contributed by atoms with Gasteiger partial charge in [0.15, 0.2) is 0 Å². The summed E-state index contributed by atoms with van der Waals surface area (Å²) in [6.07, 6.45) is 2.33. The molecule has 0 heterocycles. The van der Waals surface area contributed by atoms with Crippen LogP contribution >= 0.6 is 0 Å². The van der Waals surface area contributed by atoms with E-state index in [1.54, 1.807) is 0 Å². The molecular weight excluding hydrogens is 238 g/mol. The van der Waals surface area contributed by atoms with Gasteiger partial charge in [0.05, 0.1) is 18.8 Å². The molecular formula is C16H27NO2. The number of rotatable bonds is 9. The zero-order valence-corrected chi connectivity index (χ0v) is 12.6. The van der Waals surface area contributed by atoms with Gasteiger partial charge >= 0.3 is 0 Å². The lowest BCUT2D eigenvalue weighted by atomic mass is 9.97. The summed E-state index contributed by atoms with van der Waals surface area (Å²) in [5.74, 6) is 0.949. The average molecular weight is 265 g/mol. The first-order chi connectivity index (χ1) is 9.28. The zero-order chi connectivity index (χ0) is 14.1. The van der Waals surface area contributed by atoms with E-state index in [1.807, 2.05) is 33.0 Å². The molecule has 0 radical (unpaired) electrons. The van der Waals surface area contributed by atoms with Crippen molar-refractivity contribution in [2.45, 2.75) is 45.8 Å². The Morgan fingerprint density at radius 2 is 1.84 bits per heavy atom. The predicted molar refractivity (Wildman–Crippen MR) is 79.7 cm³/mol. The van der Waals surface area contributed by atoms with Crippen molar-refractivity contribution in [3.05, 3.63) is 29.8 Å². The van der Waals surface area contributed by atoms with Crippen LogP contribution < -0.4 is 10.1 Å². The summed E-state index contributed by atoms with van der Waals surface area (Å²) in [4.78, 5) is 0. The molecule has 1 aromatic rings. The molecule has 1 rings (SSSR count). The minimum absolute atomic E-state index is 0.169. The molecule has 2 atom stereocenters. The molecule has 0 fully saturated rings. The van der Waals surface area contributed by atoms with Gasteiger partial charge in [-0.15, -0.1) is 0 Å². The van der Waals surface area contributed by atoms with Crippen LogP contribution in [-0.2, 0) is 4.74 Å². The largest absolute Gasteiger partial charge is 0.494 e. The van der Waals surface area contributed by atoms with Gasteiger partial charge in [-0.25, -0.2) is 0 Å². The molecule has 3 nitrogen and oxygen atoms in total. The van der Waals surface area contributed by atoms with Crippen molar-refractivity contribution in [2.75, 3.05) is 20.3 Å². The Morgan fingerprint density at radius 3 is 2.42 bits per heavy atom. The Hall–Kier alpha value is -1.06. The van der Waals surface area contributed by atoms with Crippen LogP contribution in [0, 0.1) is 0 Å². The van der Waals surface area contributed by atoms with Crippen molar-refractivity contribution in [2.24, 2.45) is 0 Å². The molecule has 0 saturated carbocycles. The van der Waals surface area contributed by atoms with Crippen molar-refractivity contribution in [3.8, 4) is 5.75 Å². The molecule has 0 amide bonds. The van der Waals surface area contributed by atoms with Crippen LogP contribution in [-0.4, -0.2) is 26.4 Å². The standard InChI is InChI=1S/C16H27NO2/c1-5-10-15(19-7-3)16(17-4)13-11-8-9-12-14(13)18-6-2/h8-9,11-12,15-17H,5-7,10H2,1-4H3. The smallest absolute Gasteiger partial charge is 0.124 e. The first kappa shape index (κ1) is 16.0. The van der Waals surface area contributed by atoms with Gasteiger partial charge in [-0.2, -0.15) is 0 Å². The van der Waals surface area contributed by atoms with E-state index in [0.29, 0.717) is 6.61 Å². The molecule has 19 heavy (non-hydrogen) atoms.